The van der Waals surface area contributed by atoms with Crippen LogP contribution in [0.2, 0.25) is 5.02 Å². The summed E-state index contributed by atoms with van der Waals surface area (Å²) in [5.74, 6) is 1.59. The third kappa shape index (κ3) is 4.79. The Hall–Kier alpha value is -3.24. The first-order valence-corrected chi connectivity index (χ1v) is 9.09. The molecule has 1 N–H and O–H groups in total. The Labute approximate surface area is 175 Å². The van der Waals surface area contributed by atoms with Gasteiger partial charge in [0.15, 0.2) is 0 Å². The summed E-state index contributed by atoms with van der Waals surface area (Å²) in [6.45, 7) is 1.93. The second kappa shape index (κ2) is 8.84. The van der Waals surface area contributed by atoms with Gasteiger partial charge in [-0.15, -0.1) is 0 Å². The summed E-state index contributed by atoms with van der Waals surface area (Å²) in [5.41, 5.74) is 1.44. The Bertz CT molecular complexity index is 1140. The van der Waals surface area contributed by atoms with Crippen molar-refractivity contribution in [2.75, 3.05) is 7.11 Å². The fourth-order valence-corrected chi connectivity index (χ4v) is 2.95. The molecule has 0 unspecified atom stereocenters. The minimum absolute atomic E-state index is 0.105. The molecule has 3 rings (SSSR count). The predicted molar refractivity (Wildman–Crippen MR) is 111 cm³/mol. The number of nitrogens with one attached hydrogen (secondary N) is 1. The molecule has 0 fully saturated rings. The van der Waals surface area contributed by atoms with Crippen LogP contribution in [0, 0.1) is 21.8 Å². The number of hydrogen-bond acceptors (Lipinski definition) is 7. The van der Waals surface area contributed by atoms with E-state index in [2.05, 4.69) is 15.3 Å². The molecule has 29 heavy (non-hydrogen) atoms. The minimum Gasteiger partial charge on any atom is -0.496 e. The van der Waals surface area contributed by atoms with E-state index < -0.39 is 4.92 Å². The van der Waals surface area contributed by atoms with Gasteiger partial charge >= 0.3 is 0 Å². The maximum absolute atomic E-state index is 10.8. The maximum atomic E-state index is 10.8. The van der Waals surface area contributed by atoms with Crippen LogP contribution in [0.15, 0.2) is 41.5 Å². The van der Waals surface area contributed by atoms with Crippen molar-refractivity contribution in [3.8, 4) is 11.5 Å². The Morgan fingerprint density at radius 2 is 2.10 bits per heavy atom. The molecular formula is C18H16ClN5O4S. The monoisotopic (exact) mass is 433 g/mol. The first-order valence-electron chi connectivity index (χ1n) is 8.31. The van der Waals surface area contributed by atoms with Gasteiger partial charge in [-0.05, 0) is 49.0 Å². The molecule has 0 aliphatic heterocycles. The van der Waals surface area contributed by atoms with E-state index in [1.807, 2.05) is 12.1 Å². The highest BCUT2D eigenvalue weighted by Crippen LogP contribution is 2.30. The van der Waals surface area contributed by atoms with Crippen molar-refractivity contribution in [2.45, 2.75) is 13.5 Å². The van der Waals surface area contributed by atoms with E-state index in [1.54, 1.807) is 26.3 Å². The maximum Gasteiger partial charge on any atom is 0.271 e. The van der Waals surface area contributed by atoms with E-state index >= 15 is 0 Å². The van der Waals surface area contributed by atoms with Crippen molar-refractivity contribution in [2.24, 2.45) is 5.10 Å². The molecule has 0 bridgehead atoms. The van der Waals surface area contributed by atoms with Crippen molar-refractivity contribution in [1.82, 2.24) is 14.9 Å². The topological polar surface area (TPSA) is 108 Å². The highest BCUT2D eigenvalue weighted by molar-refractivity contribution is 7.71. The number of benzene rings is 2. The number of rotatable bonds is 7. The van der Waals surface area contributed by atoms with Crippen LogP contribution in [-0.4, -0.2) is 33.1 Å². The quantitative estimate of drug-likeness (QED) is 0.258. The van der Waals surface area contributed by atoms with Crippen molar-refractivity contribution in [3.05, 3.63) is 73.3 Å². The zero-order chi connectivity index (χ0) is 21.0. The molecule has 1 heterocycles. The molecule has 0 aliphatic carbocycles. The van der Waals surface area contributed by atoms with Crippen LogP contribution in [0.25, 0.3) is 0 Å². The number of nitro groups is 1. The number of hydrogen-bond donors (Lipinski definition) is 1. The van der Waals surface area contributed by atoms with Gasteiger partial charge in [0.05, 0.1) is 23.3 Å². The summed E-state index contributed by atoms with van der Waals surface area (Å²) >= 11 is 11.2. The SMILES string of the molecule is COc1ccc(C=Nn2c(C)n[nH]c2=S)cc1COc1ccc([N+](=O)[O-])cc1Cl. The lowest BCUT2D eigenvalue weighted by Crippen LogP contribution is -2.01. The number of aryl methyl sites for hydroxylation is 1. The van der Waals surface area contributed by atoms with Gasteiger partial charge in [-0.3, -0.25) is 15.2 Å². The van der Waals surface area contributed by atoms with Crippen molar-refractivity contribution < 1.29 is 14.4 Å². The van der Waals surface area contributed by atoms with E-state index in [-0.39, 0.29) is 17.3 Å². The first kappa shape index (κ1) is 20.5. The number of H-pyrrole nitrogens is 1. The molecule has 0 aliphatic rings. The standard InChI is InChI=1S/C18H16ClN5O4S/c1-11-21-22-18(29)23(11)20-9-12-3-5-16(27-2)13(7-12)10-28-17-6-4-14(24(25)26)8-15(17)19/h3-9H,10H2,1-2H3,(H,22,29). The summed E-state index contributed by atoms with van der Waals surface area (Å²) < 4.78 is 13.0. The molecule has 150 valence electrons. The average Bonchev–Trinajstić information content (AvgIpc) is 3.02. The smallest absolute Gasteiger partial charge is 0.271 e. The van der Waals surface area contributed by atoms with Crippen LogP contribution < -0.4 is 9.47 Å². The average molecular weight is 434 g/mol. The van der Waals surface area contributed by atoms with Gasteiger partial charge in [0.1, 0.15) is 23.9 Å². The second-order valence-corrected chi connectivity index (χ2v) is 6.66. The molecule has 0 atom stereocenters. The van der Waals surface area contributed by atoms with Crippen LogP contribution in [0.3, 0.4) is 0 Å². The molecule has 0 saturated carbocycles. The first-order chi connectivity index (χ1) is 13.9. The molecular weight excluding hydrogens is 418 g/mol. The number of nitrogens with zero attached hydrogens (tertiary/aromatic N) is 4. The fraction of sp³-hybridized carbons (Fsp3) is 0.167. The van der Waals surface area contributed by atoms with Gasteiger partial charge < -0.3 is 9.47 Å². The van der Waals surface area contributed by atoms with Crippen LogP contribution in [0.4, 0.5) is 5.69 Å². The minimum atomic E-state index is -0.518. The lowest BCUT2D eigenvalue weighted by Gasteiger charge is -2.12. The highest BCUT2D eigenvalue weighted by atomic mass is 35.5. The third-order valence-electron chi connectivity index (χ3n) is 3.95. The molecule has 0 saturated heterocycles. The summed E-state index contributed by atoms with van der Waals surface area (Å²) in [4.78, 5) is 10.3. The molecule has 9 nitrogen and oxygen atoms in total. The van der Waals surface area contributed by atoms with Crippen molar-refractivity contribution >= 4 is 35.7 Å². The number of halogens is 1. The van der Waals surface area contributed by atoms with Gasteiger partial charge in [0, 0.05) is 17.7 Å². The van der Waals surface area contributed by atoms with E-state index in [0.29, 0.717) is 22.1 Å². The number of nitro benzene ring substituents is 1. The van der Waals surface area contributed by atoms with Crippen molar-refractivity contribution in [3.63, 3.8) is 0 Å². The lowest BCUT2D eigenvalue weighted by molar-refractivity contribution is -0.384. The van der Waals surface area contributed by atoms with Crippen LogP contribution >= 0.6 is 23.8 Å². The van der Waals surface area contributed by atoms with Gasteiger partial charge in [0.2, 0.25) is 4.77 Å². The molecule has 3 aromatic rings. The summed E-state index contributed by atoms with van der Waals surface area (Å²) in [6.07, 6.45) is 1.64. The third-order valence-corrected chi connectivity index (χ3v) is 4.51. The van der Waals surface area contributed by atoms with Gasteiger partial charge in [-0.2, -0.15) is 14.9 Å². The molecule has 0 spiro atoms. The van der Waals surface area contributed by atoms with E-state index in [0.717, 1.165) is 11.1 Å². The molecule has 0 amide bonds. The number of non-ortho nitro benzene ring substituents is 1. The van der Waals surface area contributed by atoms with E-state index in [9.17, 15) is 10.1 Å². The van der Waals surface area contributed by atoms with Gasteiger partial charge in [0.25, 0.3) is 5.69 Å². The molecule has 11 heteroatoms. The zero-order valence-corrected chi connectivity index (χ0v) is 17.0. The van der Waals surface area contributed by atoms with Crippen LogP contribution in [-0.2, 0) is 6.61 Å². The number of methoxy groups -OCH3 is 1. The van der Waals surface area contributed by atoms with E-state index in [1.165, 1.54) is 22.9 Å². The second-order valence-electron chi connectivity index (χ2n) is 5.86. The predicted octanol–water partition coefficient (Wildman–Crippen LogP) is 4.28. The number of aromatic nitrogens is 3. The summed E-state index contributed by atoms with van der Waals surface area (Å²) in [7, 11) is 1.56. The van der Waals surface area contributed by atoms with Crippen LogP contribution in [0.1, 0.15) is 17.0 Å². The van der Waals surface area contributed by atoms with E-state index in [4.69, 9.17) is 33.3 Å². The highest BCUT2D eigenvalue weighted by Gasteiger charge is 2.12. The Morgan fingerprint density at radius 1 is 1.34 bits per heavy atom. The molecule has 1 aromatic heterocycles. The zero-order valence-electron chi connectivity index (χ0n) is 15.5. The molecule has 0 radical (unpaired) electrons. The summed E-state index contributed by atoms with van der Waals surface area (Å²) in [5, 5.41) is 22.0. The van der Waals surface area contributed by atoms with Gasteiger partial charge in [-0.25, -0.2) is 0 Å². The number of ether oxygens (including phenoxy) is 2. The fourth-order valence-electron chi connectivity index (χ4n) is 2.50. The van der Waals surface area contributed by atoms with Crippen LogP contribution in [0.5, 0.6) is 11.5 Å². The van der Waals surface area contributed by atoms with Crippen molar-refractivity contribution in [1.29, 1.82) is 0 Å². The summed E-state index contributed by atoms with van der Waals surface area (Å²) in [6, 6.07) is 9.51. The van der Waals surface area contributed by atoms with Gasteiger partial charge in [-0.1, -0.05) is 11.6 Å². The largest absolute Gasteiger partial charge is 0.496 e. The Morgan fingerprint density at radius 3 is 2.72 bits per heavy atom. The Kier molecular flexibility index (Phi) is 6.25. The molecule has 2 aromatic carbocycles. The normalized spacial score (nSPS) is 11.0. The Balaban J connectivity index is 1.81. The lowest BCUT2D eigenvalue weighted by atomic mass is 10.1. The number of aromatic amines is 1.